The summed E-state index contributed by atoms with van der Waals surface area (Å²) in [6.07, 6.45) is 3.65. The first-order valence-corrected chi connectivity index (χ1v) is 6.51. The van der Waals surface area contributed by atoms with Crippen molar-refractivity contribution in [2.24, 2.45) is 18.7 Å². The van der Waals surface area contributed by atoms with Gasteiger partial charge in [0.05, 0.1) is 5.69 Å². The van der Waals surface area contributed by atoms with Gasteiger partial charge < -0.3 is 10.6 Å². The molecule has 17 heavy (non-hydrogen) atoms. The second kappa shape index (κ2) is 4.69. The maximum Gasteiger partial charge on any atom is 0.130 e. The molecule has 1 unspecified atom stereocenters. The topological polar surface area (TPSA) is 47.1 Å². The maximum atomic E-state index is 5.70. The lowest BCUT2D eigenvalue weighted by Crippen LogP contribution is -2.33. The molecule has 1 saturated carbocycles. The average Bonchev–Trinajstić information content (AvgIpc) is 3.07. The zero-order valence-electron chi connectivity index (χ0n) is 11.4. The highest BCUT2D eigenvalue weighted by Gasteiger charge is 2.32. The molecule has 2 rings (SSSR count). The van der Waals surface area contributed by atoms with Crippen molar-refractivity contribution < 1.29 is 0 Å². The summed E-state index contributed by atoms with van der Waals surface area (Å²) in [6.45, 7) is 5.07. The number of aromatic nitrogens is 2. The molecule has 4 nitrogen and oxygen atoms in total. The zero-order chi connectivity index (χ0) is 12.6. The molecule has 0 bridgehead atoms. The van der Waals surface area contributed by atoms with Crippen LogP contribution in [0.4, 0.5) is 5.82 Å². The van der Waals surface area contributed by atoms with Gasteiger partial charge in [-0.15, -0.1) is 0 Å². The Morgan fingerprint density at radius 1 is 1.53 bits per heavy atom. The molecule has 1 heterocycles. The number of rotatable bonds is 5. The fourth-order valence-electron chi connectivity index (χ4n) is 2.66. The van der Waals surface area contributed by atoms with Crippen molar-refractivity contribution in [2.75, 3.05) is 18.5 Å². The largest absolute Gasteiger partial charge is 0.357 e. The van der Waals surface area contributed by atoms with Gasteiger partial charge in [0.2, 0.25) is 0 Å². The van der Waals surface area contributed by atoms with Crippen molar-refractivity contribution >= 4 is 5.82 Å². The van der Waals surface area contributed by atoms with E-state index in [-0.39, 0.29) is 0 Å². The van der Waals surface area contributed by atoms with Crippen LogP contribution in [-0.2, 0) is 13.5 Å². The van der Waals surface area contributed by atoms with E-state index >= 15 is 0 Å². The van der Waals surface area contributed by atoms with Crippen molar-refractivity contribution in [1.82, 2.24) is 9.78 Å². The summed E-state index contributed by atoms with van der Waals surface area (Å²) in [5.41, 5.74) is 8.12. The van der Waals surface area contributed by atoms with Crippen molar-refractivity contribution in [3.63, 3.8) is 0 Å². The van der Waals surface area contributed by atoms with Gasteiger partial charge in [-0.2, -0.15) is 5.10 Å². The van der Waals surface area contributed by atoms with Gasteiger partial charge >= 0.3 is 0 Å². The van der Waals surface area contributed by atoms with Gasteiger partial charge in [0, 0.05) is 25.7 Å². The van der Waals surface area contributed by atoms with E-state index in [9.17, 15) is 0 Å². The lowest BCUT2D eigenvalue weighted by atomic mass is 10.1. The summed E-state index contributed by atoms with van der Waals surface area (Å²) in [5, 5.41) is 4.53. The van der Waals surface area contributed by atoms with Crippen molar-refractivity contribution in [2.45, 2.75) is 39.2 Å². The van der Waals surface area contributed by atoms with Crippen molar-refractivity contribution in [1.29, 1.82) is 0 Å². The number of hydrogen-bond acceptors (Lipinski definition) is 3. The molecule has 4 heteroatoms. The Morgan fingerprint density at radius 2 is 2.18 bits per heavy atom. The number of aryl methyl sites for hydroxylation is 2. The van der Waals surface area contributed by atoms with E-state index in [2.05, 4.69) is 30.9 Å². The monoisotopic (exact) mass is 236 g/mol. The molecule has 0 spiro atoms. The van der Waals surface area contributed by atoms with Gasteiger partial charge in [-0.3, -0.25) is 4.68 Å². The molecule has 0 saturated heterocycles. The summed E-state index contributed by atoms with van der Waals surface area (Å²) in [4.78, 5) is 2.38. The summed E-state index contributed by atoms with van der Waals surface area (Å²) in [7, 11) is 4.21. The van der Waals surface area contributed by atoms with E-state index in [1.54, 1.807) is 0 Å². The molecule has 1 atom stereocenters. The first kappa shape index (κ1) is 12.4. The third-order valence-electron chi connectivity index (χ3n) is 3.96. The van der Waals surface area contributed by atoms with Crippen LogP contribution in [0.5, 0.6) is 0 Å². The summed E-state index contributed by atoms with van der Waals surface area (Å²) < 4.78 is 2.00. The zero-order valence-corrected chi connectivity index (χ0v) is 11.4. The summed E-state index contributed by atoms with van der Waals surface area (Å²) >= 11 is 0. The lowest BCUT2D eigenvalue weighted by Gasteiger charge is -2.28. The second-order valence-electron chi connectivity index (χ2n) is 5.24. The summed E-state index contributed by atoms with van der Waals surface area (Å²) in [6, 6.07) is 0.598. The third kappa shape index (κ3) is 2.32. The molecule has 2 N–H and O–H groups in total. The Labute approximate surface area is 104 Å². The Bertz CT molecular complexity index is 392. The molecule has 0 radical (unpaired) electrons. The van der Waals surface area contributed by atoms with Crippen LogP contribution in [0.25, 0.3) is 0 Å². The average molecular weight is 236 g/mol. The molecule has 1 aromatic heterocycles. The van der Waals surface area contributed by atoms with Crippen LogP contribution in [0.2, 0.25) is 0 Å². The van der Waals surface area contributed by atoms with Crippen LogP contribution in [0.1, 0.15) is 31.0 Å². The number of hydrogen-bond donors (Lipinski definition) is 1. The second-order valence-corrected chi connectivity index (χ2v) is 5.24. The molecular weight excluding hydrogens is 212 g/mol. The maximum absolute atomic E-state index is 5.70. The minimum absolute atomic E-state index is 0.598. The number of nitrogens with two attached hydrogens (primary N) is 1. The van der Waals surface area contributed by atoms with Gasteiger partial charge in [0.25, 0.3) is 0 Å². The van der Waals surface area contributed by atoms with Crippen LogP contribution in [-0.4, -0.2) is 29.4 Å². The first-order chi connectivity index (χ1) is 8.06. The van der Waals surface area contributed by atoms with Crippen LogP contribution in [0.3, 0.4) is 0 Å². The van der Waals surface area contributed by atoms with Crippen molar-refractivity contribution in [3.05, 3.63) is 11.3 Å². The molecule has 1 fully saturated rings. The standard InChI is InChI=1S/C13H24N4/c1-9-12(7-8-14)13(17(4)15-9)16(3)10(2)11-5-6-11/h10-11H,5-8,14H2,1-4H3. The summed E-state index contributed by atoms with van der Waals surface area (Å²) in [5.74, 6) is 2.10. The quantitative estimate of drug-likeness (QED) is 0.842. The van der Waals surface area contributed by atoms with E-state index in [1.165, 1.54) is 24.2 Å². The molecule has 1 aliphatic rings. The molecule has 96 valence electrons. The molecule has 1 aliphatic carbocycles. The minimum atomic E-state index is 0.598. The lowest BCUT2D eigenvalue weighted by molar-refractivity contribution is 0.585. The van der Waals surface area contributed by atoms with Gasteiger partial charge in [-0.05, 0) is 45.6 Å². The molecule has 0 amide bonds. The molecule has 0 aromatic carbocycles. The van der Waals surface area contributed by atoms with Crippen molar-refractivity contribution in [3.8, 4) is 0 Å². The fourth-order valence-corrected chi connectivity index (χ4v) is 2.66. The molecule has 0 aliphatic heterocycles. The Kier molecular flexibility index (Phi) is 3.43. The van der Waals surface area contributed by atoms with Crippen LogP contribution in [0, 0.1) is 12.8 Å². The third-order valence-corrected chi connectivity index (χ3v) is 3.96. The fraction of sp³-hybridized carbons (Fsp3) is 0.769. The van der Waals surface area contributed by atoms with Gasteiger partial charge in [-0.1, -0.05) is 0 Å². The predicted octanol–water partition coefficient (Wildman–Crippen LogP) is 1.46. The Hall–Kier alpha value is -1.03. The highest BCUT2D eigenvalue weighted by atomic mass is 15.4. The number of anilines is 1. The smallest absolute Gasteiger partial charge is 0.130 e. The van der Waals surface area contributed by atoms with Gasteiger partial charge in [-0.25, -0.2) is 0 Å². The van der Waals surface area contributed by atoms with E-state index in [0.717, 1.165) is 18.0 Å². The minimum Gasteiger partial charge on any atom is -0.357 e. The predicted molar refractivity (Wildman–Crippen MR) is 71.3 cm³/mol. The van der Waals surface area contributed by atoms with Gasteiger partial charge in [0.15, 0.2) is 0 Å². The van der Waals surface area contributed by atoms with Crippen LogP contribution < -0.4 is 10.6 Å². The van der Waals surface area contributed by atoms with Gasteiger partial charge in [0.1, 0.15) is 5.82 Å². The van der Waals surface area contributed by atoms with E-state index in [1.807, 2.05) is 11.7 Å². The van der Waals surface area contributed by atoms with E-state index in [4.69, 9.17) is 5.73 Å². The molecule has 1 aromatic rings. The van der Waals surface area contributed by atoms with E-state index in [0.29, 0.717) is 12.6 Å². The van der Waals surface area contributed by atoms with E-state index < -0.39 is 0 Å². The normalized spacial score (nSPS) is 17.2. The van der Waals surface area contributed by atoms with Crippen LogP contribution in [0.15, 0.2) is 0 Å². The van der Waals surface area contributed by atoms with Crippen LogP contribution >= 0.6 is 0 Å². The highest BCUT2D eigenvalue weighted by Crippen LogP contribution is 2.37. The Morgan fingerprint density at radius 3 is 2.71 bits per heavy atom. The number of nitrogens with zero attached hydrogens (tertiary/aromatic N) is 3. The highest BCUT2D eigenvalue weighted by molar-refractivity contribution is 5.50. The molecular formula is C13H24N4. The Balaban J connectivity index is 2.28. The first-order valence-electron chi connectivity index (χ1n) is 6.51. The SMILES string of the molecule is Cc1nn(C)c(N(C)C(C)C2CC2)c1CCN.